The molecular weight excluding hydrogens is 419 g/mol. The van der Waals surface area contributed by atoms with Gasteiger partial charge in [-0.3, -0.25) is 9.78 Å². The van der Waals surface area contributed by atoms with E-state index in [0.29, 0.717) is 30.8 Å². The van der Waals surface area contributed by atoms with Crippen molar-refractivity contribution >= 4 is 28.5 Å². The summed E-state index contributed by atoms with van der Waals surface area (Å²) in [6.07, 6.45) is 4.17. The number of carboxylic acid groups (broad SMARTS) is 2. The van der Waals surface area contributed by atoms with Gasteiger partial charge in [0.15, 0.2) is 0 Å². The second-order valence-electron chi connectivity index (χ2n) is 7.07. The van der Waals surface area contributed by atoms with Crippen LogP contribution in [0.3, 0.4) is 0 Å². The number of nitrogens with zero attached hydrogens (tertiary/aromatic N) is 3. The molecular formula is C22H23FN4O5. The first-order chi connectivity index (χ1) is 15.3. The maximum atomic E-state index is 14.5. The molecule has 32 heavy (non-hydrogen) atoms. The highest BCUT2D eigenvalue weighted by Crippen LogP contribution is 2.25. The molecule has 0 amide bonds. The number of rotatable bonds is 4. The quantitative estimate of drug-likeness (QED) is 0.561. The van der Waals surface area contributed by atoms with Gasteiger partial charge in [0.05, 0.1) is 16.8 Å². The van der Waals surface area contributed by atoms with Gasteiger partial charge in [0, 0.05) is 56.7 Å². The molecule has 0 spiro atoms. The topological polar surface area (TPSA) is 125 Å². The van der Waals surface area contributed by atoms with Crippen molar-refractivity contribution in [3.63, 3.8) is 0 Å². The van der Waals surface area contributed by atoms with Crippen molar-refractivity contribution in [1.82, 2.24) is 14.9 Å². The van der Waals surface area contributed by atoms with Crippen LogP contribution in [-0.2, 0) is 6.54 Å². The highest BCUT2D eigenvalue weighted by molar-refractivity contribution is 5.93. The fraction of sp³-hybridized carbons (Fsp3) is 0.273. The van der Waals surface area contributed by atoms with Crippen LogP contribution < -0.4 is 15.6 Å². The fourth-order valence-electron chi connectivity index (χ4n) is 3.45. The Morgan fingerprint density at radius 1 is 1.19 bits per heavy atom. The lowest BCUT2D eigenvalue weighted by molar-refractivity contribution is 0.0684. The number of piperazine rings is 1. The molecule has 1 fully saturated rings. The van der Waals surface area contributed by atoms with Crippen LogP contribution in [0.25, 0.3) is 10.9 Å². The summed E-state index contributed by atoms with van der Waals surface area (Å²) in [6.45, 7) is 5.26. The summed E-state index contributed by atoms with van der Waals surface area (Å²) in [5, 5.41) is 20.8. The Balaban J connectivity index is 0.000000269. The molecule has 168 valence electrons. The minimum Gasteiger partial charge on any atom is -0.478 e. The third kappa shape index (κ3) is 4.92. The van der Waals surface area contributed by atoms with Crippen molar-refractivity contribution in [1.29, 1.82) is 0 Å². The third-order valence-corrected chi connectivity index (χ3v) is 5.09. The monoisotopic (exact) mass is 442 g/mol. The first-order valence-corrected chi connectivity index (χ1v) is 10.0. The predicted molar refractivity (Wildman–Crippen MR) is 117 cm³/mol. The van der Waals surface area contributed by atoms with E-state index >= 15 is 0 Å². The van der Waals surface area contributed by atoms with E-state index in [9.17, 15) is 18.8 Å². The number of aromatic nitrogens is 2. The number of benzene rings is 1. The van der Waals surface area contributed by atoms with Crippen molar-refractivity contribution in [2.75, 3.05) is 31.1 Å². The Labute approximate surface area is 182 Å². The molecule has 10 heteroatoms. The number of aromatic carboxylic acids is 2. The number of carbonyl (C=O) groups is 2. The minimum absolute atomic E-state index is 0.100. The van der Waals surface area contributed by atoms with Crippen LogP contribution in [-0.4, -0.2) is 57.9 Å². The molecule has 0 bridgehead atoms. The summed E-state index contributed by atoms with van der Waals surface area (Å²) in [5.41, 5.74) is 0.232. The van der Waals surface area contributed by atoms with Crippen molar-refractivity contribution in [3.8, 4) is 0 Å². The number of pyridine rings is 2. The molecule has 1 aliphatic rings. The summed E-state index contributed by atoms with van der Waals surface area (Å²) >= 11 is 0. The molecule has 9 nitrogen and oxygen atoms in total. The molecule has 0 aliphatic carbocycles. The molecule has 0 saturated carbocycles. The fourth-order valence-corrected chi connectivity index (χ4v) is 3.45. The van der Waals surface area contributed by atoms with Crippen LogP contribution in [0.2, 0.25) is 0 Å². The average Bonchev–Trinajstić information content (AvgIpc) is 2.80. The minimum atomic E-state index is -1.30. The van der Waals surface area contributed by atoms with Crippen LogP contribution in [0, 0.1) is 5.82 Å². The zero-order valence-electron chi connectivity index (χ0n) is 17.4. The first kappa shape index (κ1) is 22.9. The number of hydrogen-bond acceptors (Lipinski definition) is 6. The van der Waals surface area contributed by atoms with E-state index in [1.165, 1.54) is 24.7 Å². The maximum Gasteiger partial charge on any atom is 0.341 e. The Kier molecular flexibility index (Phi) is 7.16. The van der Waals surface area contributed by atoms with Gasteiger partial charge in [-0.05, 0) is 31.2 Å². The van der Waals surface area contributed by atoms with Crippen molar-refractivity contribution < 1.29 is 24.2 Å². The van der Waals surface area contributed by atoms with E-state index in [0.717, 1.165) is 19.2 Å². The lowest BCUT2D eigenvalue weighted by Crippen LogP contribution is -2.43. The van der Waals surface area contributed by atoms with Crippen LogP contribution in [0.15, 0.2) is 47.7 Å². The van der Waals surface area contributed by atoms with E-state index < -0.39 is 23.2 Å². The van der Waals surface area contributed by atoms with E-state index in [4.69, 9.17) is 10.2 Å². The van der Waals surface area contributed by atoms with Gasteiger partial charge in [-0.25, -0.2) is 14.0 Å². The number of hydrogen-bond donors (Lipinski definition) is 3. The molecule has 2 aromatic heterocycles. The SMILES string of the molecule is CCn1cc(C(=O)O)c(=O)c2cc(F)c(N3CCNCC3)cc21.O=C(O)c1cccnc1. The normalized spacial score (nSPS) is 13.4. The number of fused-ring (bicyclic) bond motifs is 1. The largest absolute Gasteiger partial charge is 0.478 e. The van der Waals surface area contributed by atoms with Gasteiger partial charge < -0.3 is 25.0 Å². The van der Waals surface area contributed by atoms with Gasteiger partial charge in [0.25, 0.3) is 0 Å². The summed E-state index contributed by atoms with van der Waals surface area (Å²) in [7, 11) is 0. The molecule has 0 atom stereocenters. The summed E-state index contributed by atoms with van der Waals surface area (Å²) in [5.74, 6) is -2.74. The lowest BCUT2D eigenvalue weighted by atomic mass is 10.1. The molecule has 3 heterocycles. The molecule has 1 aliphatic heterocycles. The highest BCUT2D eigenvalue weighted by Gasteiger charge is 2.20. The summed E-state index contributed by atoms with van der Waals surface area (Å²) in [4.78, 5) is 39.2. The third-order valence-electron chi connectivity index (χ3n) is 5.09. The van der Waals surface area contributed by atoms with Gasteiger partial charge >= 0.3 is 11.9 Å². The Morgan fingerprint density at radius 2 is 1.91 bits per heavy atom. The molecule has 3 aromatic rings. The van der Waals surface area contributed by atoms with Gasteiger partial charge in [0.1, 0.15) is 11.4 Å². The zero-order chi connectivity index (χ0) is 23.3. The maximum absolute atomic E-state index is 14.5. The van der Waals surface area contributed by atoms with Crippen LogP contribution >= 0.6 is 0 Å². The van der Waals surface area contributed by atoms with E-state index in [2.05, 4.69) is 10.3 Å². The van der Waals surface area contributed by atoms with E-state index in [1.54, 1.807) is 16.7 Å². The van der Waals surface area contributed by atoms with Crippen LogP contribution in [0.1, 0.15) is 27.6 Å². The van der Waals surface area contributed by atoms with Crippen molar-refractivity contribution in [3.05, 3.63) is 70.0 Å². The Morgan fingerprint density at radius 3 is 2.44 bits per heavy atom. The Hall–Kier alpha value is -3.79. The van der Waals surface area contributed by atoms with Gasteiger partial charge in [0.2, 0.25) is 5.43 Å². The van der Waals surface area contributed by atoms with Crippen LogP contribution in [0.4, 0.5) is 10.1 Å². The second kappa shape index (κ2) is 10.0. The molecule has 1 aromatic carbocycles. The number of aryl methyl sites for hydroxylation is 1. The number of nitrogens with one attached hydrogen (secondary N) is 1. The molecule has 0 radical (unpaired) electrons. The smallest absolute Gasteiger partial charge is 0.341 e. The first-order valence-electron chi connectivity index (χ1n) is 10.0. The number of carboxylic acids is 2. The molecule has 3 N–H and O–H groups in total. The zero-order valence-corrected chi connectivity index (χ0v) is 17.4. The van der Waals surface area contributed by atoms with Crippen LogP contribution in [0.5, 0.6) is 0 Å². The predicted octanol–water partition coefficient (Wildman–Crippen LogP) is 2.05. The summed E-state index contributed by atoms with van der Waals surface area (Å²) < 4.78 is 16.2. The molecule has 1 saturated heterocycles. The Bertz CT molecular complexity index is 1190. The number of halogens is 1. The second-order valence-corrected chi connectivity index (χ2v) is 7.07. The molecule has 0 unspecified atom stereocenters. The summed E-state index contributed by atoms with van der Waals surface area (Å²) in [6, 6.07) is 5.89. The van der Waals surface area contributed by atoms with Crippen molar-refractivity contribution in [2.45, 2.75) is 13.5 Å². The number of anilines is 1. The van der Waals surface area contributed by atoms with Crippen molar-refractivity contribution in [2.24, 2.45) is 0 Å². The van der Waals surface area contributed by atoms with Gasteiger partial charge in [-0.2, -0.15) is 0 Å². The highest BCUT2D eigenvalue weighted by atomic mass is 19.1. The van der Waals surface area contributed by atoms with E-state index in [1.807, 2.05) is 11.8 Å². The molecule has 4 rings (SSSR count). The van der Waals surface area contributed by atoms with Gasteiger partial charge in [-0.15, -0.1) is 0 Å². The van der Waals surface area contributed by atoms with Gasteiger partial charge in [-0.1, -0.05) is 0 Å². The van der Waals surface area contributed by atoms with E-state index in [-0.39, 0.29) is 16.5 Å². The average molecular weight is 442 g/mol. The lowest BCUT2D eigenvalue weighted by Gasteiger charge is -2.30. The standard InChI is InChI=1S/C16H18FN3O3.C6H5NO2/c1-2-19-9-11(16(22)23)15(21)10-7-12(17)14(8-13(10)19)20-5-3-18-4-6-20;8-6(9)5-2-1-3-7-4-5/h7-9,18H,2-6H2,1H3,(H,22,23);1-4H,(H,8,9).